The SMILES string of the molecule is N=c1n(CCc2ccccc2)c2ccccc2n1CCN1CCOCC1. The lowest BCUT2D eigenvalue weighted by atomic mass is 10.1. The van der Waals surface area contributed by atoms with Crippen molar-refractivity contribution in [1.29, 1.82) is 5.41 Å². The molecule has 0 aliphatic carbocycles. The first-order chi connectivity index (χ1) is 12.8. The van der Waals surface area contributed by atoms with Crippen LogP contribution in [0.1, 0.15) is 5.56 Å². The minimum absolute atomic E-state index is 0.593. The molecule has 0 unspecified atom stereocenters. The molecule has 1 aliphatic heterocycles. The van der Waals surface area contributed by atoms with Gasteiger partial charge in [-0.25, -0.2) is 0 Å². The minimum atomic E-state index is 0.593. The van der Waals surface area contributed by atoms with E-state index in [-0.39, 0.29) is 0 Å². The molecule has 26 heavy (non-hydrogen) atoms. The number of hydrogen-bond donors (Lipinski definition) is 1. The van der Waals surface area contributed by atoms with E-state index in [0.717, 1.165) is 63.4 Å². The Bertz CT molecular complexity index is 907. The van der Waals surface area contributed by atoms with E-state index in [1.54, 1.807) is 0 Å². The van der Waals surface area contributed by atoms with Crippen LogP contribution in [-0.2, 0) is 24.2 Å². The summed E-state index contributed by atoms with van der Waals surface area (Å²) in [6.45, 7) is 6.24. The summed E-state index contributed by atoms with van der Waals surface area (Å²) < 4.78 is 9.72. The van der Waals surface area contributed by atoms with Crippen LogP contribution in [0.5, 0.6) is 0 Å². The Balaban J connectivity index is 1.57. The van der Waals surface area contributed by atoms with Crippen LogP contribution in [0.3, 0.4) is 0 Å². The van der Waals surface area contributed by atoms with Gasteiger partial charge in [0.15, 0.2) is 0 Å². The first-order valence-corrected chi connectivity index (χ1v) is 9.39. The van der Waals surface area contributed by atoms with Crippen LogP contribution in [-0.4, -0.2) is 46.9 Å². The molecule has 3 aromatic rings. The Morgan fingerprint density at radius 2 is 1.38 bits per heavy atom. The maximum Gasteiger partial charge on any atom is 0.203 e. The summed E-state index contributed by atoms with van der Waals surface area (Å²) in [4.78, 5) is 2.42. The van der Waals surface area contributed by atoms with Crippen molar-refractivity contribution in [3.8, 4) is 0 Å². The number of morpholine rings is 1. The Morgan fingerprint density at radius 1 is 0.769 bits per heavy atom. The lowest BCUT2D eigenvalue weighted by molar-refractivity contribution is 0.0363. The van der Waals surface area contributed by atoms with Gasteiger partial charge in [0.2, 0.25) is 5.62 Å². The summed E-state index contributed by atoms with van der Waals surface area (Å²) in [6.07, 6.45) is 0.939. The predicted octanol–water partition coefficient (Wildman–Crippen LogP) is 2.50. The van der Waals surface area contributed by atoms with E-state index in [2.05, 4.69) is 62.6 Å². The summed E-state index contributed by atoms with van der Waals surface area (Å²) >= 11 is 0. The van der Waals surface area contributed by atoms with E-state index in [9.17, 15) is 0 Å². The molecule has 5 heteroatoms. The summed E-state index contributed by atoms with van der Waals surface area (Å²) in [7, 11) is 0. The van der Waals surface area contributed by atoms with Crippen molar-refractivity contribution in [1.82, 2.24) is 14.0 Å². The molecule has 1 aromatic heterocycles. The van der Waals surface area contributed by atoms with Gasteiger partial charge in [0, 0.05) is 32.7 Å². The molecule has 2 heterocycles. The van der Waals surface area contributed by atoms with E-state index in [4.69, 9.17) is 10.1 Å². The molecule has 1 saturated heterocycles. The van der Waals surface area contributed by atoms with Gasteiger partial charge >= 0.3 is 0 Å². The molecule has 1 aliphatic rings. The molecule has 5 nitrogen and oxygen atoms in total. The highest BCUT2D eigenvalue weighted by atomic mass is 16.5. The number of hydrogen-bond acceptors (Lipinski definition) is 3. The highest BCUT2D eigenvalue weighted by Crippen LogP contribution is 2.14. The first kappa shape index (κ1) is 17.1. The maximum atomic E-state index is 8.74. The quantitative estimate of drug-likeness (QED) is 0.742. The summed E-state index contributed by atoms with van der Waals surface area (Å²) in [5, 5.41) is 8.74. The number of aryl methyl sites for hydroxylation is 2. The average Bonchev–Trinajstić information content (AvgIpc) is 2.97. The van der Waals surface area contributed by atoms with Crippen LogP contribution in [0.15, 0.2) is 54.6 Å². The Hall–Kier alpha value is -2.37. The highest BCUT2D eigenvalue weighted by Gasteiger charge is 2.14. The summed E-state index contributed by atoms with van der Waals surface area (Å²) in [6, 6.07) is 18.9. The molecule has 0 spiro atoms. The lowest BCUT2D eigenvalue weighted by Gasteiger charge is -2.26. The van der Waals surface area contributed by atoms with Crippen LogP contribution in [0.2, 0.25) is 0 Å². The third-order valence-corrected chi connectivity index (χ3v) is 5.19. The predicted molar refractivity (Wildman–Crippen MR) is 103 cm³/mol. The van der Waals surface area contributed by atoms with Crippen molar-refractivity contribution in [3.63, 3.8) is 0 Å². The van der Waals surface area contributed by atoms with Gasteiger partial charge < -0.3 is 13.9 Å². The van der Waals surface area contributed by atoms with Gasteiger partial charge in [-0.3, -0.25) is 10.3 Å². The molecule has 4 rings (SSSR count). The van der Waals surface area contributed by atoms with Crippen molar-refractivity contribution >= 4 is 11.0 Å². The molecular weight excluding hydrogens is 324 g/mol. The second-order valence-electron chi connectivity index (χ2n) is 6.81. The molecule has 0 bridgehead atoms. The van der Waals surface area contributed by atoms with Crippen molar-refractivity contribution in [2.24, 2.45) is 0 Å². The number of aromatic nitrogens is 2. The maximum absolute atomic E-state index is 8.74. The van der Waals surface area contributed by atoms with Gasteiger partial charge in [-0.15, -0.1) is 0 Å². The third kappa shape index (κ3) is 3.59. The normalized spacial score (nSPS) is 15.5. The number of fused-ring (bicyclic) bond motifs is 1. The lowest BCUT2D eigenvalue weighted by Crippen LogP contribution is -2.39. The Labute approximate surface area is 153 Å². The molecule has 0 amide bonds. The van der Waals surface area contributed by atoms with Crippen molar-refractivity contribution < 1.29 is 4.74 Å². The fourth-order valence-corrected chi connectivity index (χ4v) is 3.70. The molecule has 1 fully saturated rings. The van der Waals surface area contributed by atoms with E-state index in [1.807, 2.05) is 6.07 Å². The van der Waals surface area contributed by atoms with E-state index in [0.29, 0.717) is 5.62 Å². The second kappa shape index (κ2) is 7.89. The largest absolute Gasteiger partial charge is 0.379 e. The fourth-order valence-electron chi connectivity index (χ4n) is 3.70. The summed E-state index contributed by atoms with van der Waals surface area (Å²) in [5.41, 5.74) is 4.20. The van der Waals surface area contributed by atoms with E-state index < -0.39 is 0 Å². The van der Waals surface area contributed by atoms with Crippen LogP contribution in [0, 0.1) is 5.41 Å². The second-order valence-corrected chi connectivity index (χ2v) is 6.81. The Morgan fingerprint density at radius 3 is 2.08 bits per heavy atom. The first-order valence-electron chi connectivity index (χ1n) is 9.39. The van der Waals surface area contributed by atoms with Crippen molar-refractivity contribution in [2.75, 3.05) is 32.8 Å². The molecule has 136 valence electrons. The Kier molecular flexibility index (Phi) is 5.18. The van der Waals surface area contributed by atoms with E-state index >= 15 is 0 Å². The van der Waals surface area contributed by atoms with Crippen LogP contribution in [0.4, 0.5) is 0 Å². The number of benzene rings is 2. The number of nitrogens with one attached hydrogen (secondary N) is 1. The van der Waals surface area contributed by atoms with Gasteiger partial charge in [0.25, 0.3) is 0 Å². The highest BCUT2D eigenvalue weighted by molar-refractivity contribution is 5.75. The number of ether oxygens (including phenoxy) is 1. The van der Waals surface area contributed by atoms with Crippen molar-refractivity contribution in [2.45, 2.75) is 19.5 Å². The van der Waals surface area contributed by atoms with Gasteiger partial charge in [-0.05, 0) is 24.1 Å². The number of para-hydroxylation sites is 2. The molecule has 0 radical (unpaired) electrons. The van der Waals surface area contributed by atoms with Gasteiger partial charge in [0.1, 0.15) is 0 Å². The molecule has 2 aromatic carbocycles. The molecule has 0 saturated carbocycles. The summed E-state index contributed by atoms with van der Waals surface area (Å²) in [5.74, 6) is 0. The topological polar surface area (TPSA) is 46.2 Å². The zero-order valence-electron chi connectivity index (χ0n) is 15.1. The van der Waals surface area contributed by atoms with Crippen LogP contribution < -0.4 is 5.62 Å². The number of imidazole rings is 1. The van der Waals surface area contributed by atoms with Gasteiger partial charge in [-0.1, -0.05) is 42.5 Å². The molecular formula is C21H26N4O. The minimum Gasteiger partial charge on any atom is -0.379 e. The standard InChI is InChI=1S/C21H26N4O/c22-21-24(11-10-18-6-2-1-3-7-18)19-8-4-5-9-20(19)25(21)13-12-23-14-16-26-17-15-23/h1-9,22H,10-17H2. The fraction of sp³-hybridized carbons (Fsp3) is 0.381. The van der Waals surface area contributed by atoms with Crippen LogP contribution >= 0.6 is 0 Å². The average molecular weight is 350 g/mol. The van der Waals surface area contributed by atoms with Crippen molar-refractivity contribution in [3.05, 3.63) is 65.8 Å². The van der Waals surface area contributed by atoms with E-state index in [1.165, 1.54) is 5.56 Å². The van der Waals surface area contributed by atoms with Gasteiger partial charge in [0.05, 0.1) is 24.2 Å². The zero-order chi connectivity index (χ0) is 17.8. The molecule has 1 N–H and O–H groups in total. The van der Waals surface area contributed by atoms with Crippen LogP contribution in [0.25, 0.3) is 11.0 Å². The molecule has 0 atom stereocenters. The number of rotatable bonds is 6. The zero-order valence-corrected chi connectivity index (χ0v) is 15.1. The number of nitrogens with zero attached hydrogens (tertiary/aromatic N) is 3. The monoisotopic (exact) mass is 350 g/mol. The smallest absolute Gasteiger partial charge is 0.203 e. The van der Waals surface area contributed by atoms with Gasteiger partial charge in [-0.2, -0.15) is 0 Å². The third-order valence-electron chi connectivity index (χ3n) is 5.19.